The molecule has 0 radical (unpaired) electrons. The molecular formula is C15H15F3N2O2S. The second kappa shape index (κ2) is 6.66. The minimum atomic E-state index is -4.74. The summed E-state index contributed by atoms with van der Waals surface area (Å²) in [4.78, 5) is 16.3. The van der Waals surface area contributed by atoms with Gasteiger partial charge in [0.15, 0.2) is 5.54 Å². The Hall–Kier alpha value is -1.96. The smallest absolute Gasteiger partial charge is 0.417 e. The number of aliphatic imine (C=N–C) groups is 1. The number of amides is 1. The van der Waals surface area contributed by atoms with E-state index >= 15 is 0 Å². The van der Waals surface area contributed by atoms with Crippen molar-refractivity contribution < 1.29 is 23.1 Å². The van der Waals surface area contributed by atoms with Gasteiger partial charge >= 0.3 is 6.18 Å². The third kappa shape index (κ3) is 3.69. The van der Waals surface area contributed by atoms with Crippen molar-refractivity contribution in [1.82, 2.24) is 5.32 Å². The van der Waals surface area contributed by atoms with E-state index < -0.39 is 29.9 Å². The summed E-state index contributed by atoms with van der Waals surface area (Å²) in [5, 5.41) is 11.2. The number of hydrogen-bond donors (Lipinski definition) is 2. The van der Waals surface area contributed by atoms with Crippen LogP contribution in [0.25, 0.3) is 0 Å². The molecule has 1 heterocycles. The van der Waals surface area contributed by atoms with Gasteiger partial charge in [-0.3, -0.25) is 4.79 Å². The molecular weight excluding hydrogens is 329 g/mol. The maximum Gasteiger partial charge on any atom is 0.417 e. The minimum absolute atomic E-state index is 0.176. The molecule has 0 bridgehead atoms. The van der Waals surface area contributed by atoms with Gasteiger partial charge in [-0.15, -0.1) is 11.8 Å². The highest BCUT2D eigenvalue weighted by Crippen LogP contribution is 2.35. The highest BCUT2D eigenvalue weighted by atomic mass is 32.2. The molecule has 0 aliphatic carbocycles. The molecule has 1 amide bonds. The van der Waals surface area contributed by atoms with Gasteiger partial charge in [-0.2, -0.15) is 13.2 Å². The van der Waals surface area contributed by atoms with E-state index in [1.807, 2.05) is 12.2 Å². The fourth-order valence-corrected chi connectivity index (χ4v) is 2.88. The van der Waals surface area contributed by atoms with E-state index in [1.165, 1.54) is 17.8 Å². The van der Waals surface area contributed by atoms with Crippen molar-refractivity contribution in [3.8, 4) is 0 Å². The van der Waals surface area contributed by atoms with Gasteiger partial charge in [0.05, 0.1) is 5.56 Å². The standard InChI is InChI=1S/C15H15F3N2O2S/c1-2-23-11-6-4-3-5-10(11)13(22)20-14(15(16,17)18)8-7-12(21)19-9-14/h3-7,9,21H,2,8H2,1H3,(H,20,22). The van der Waals surface area contributed by atoms with Crippen LogP contribution in [0.1, 0.15) is 23.7 Å². The van der Waals surface area contributed by atoms with Crippen LogP contribution in [0.3, 0.4) is 0 Å². The second-order valence-electron chi connectivity index (χ2n) is 4.88. The SMILES string of the molecule is CCSc1ccccc1C(=O)NC1(C(F)(F)F)C=NC(O)=CC1. The number of thioether (sulfide) groups is 1. The first kappa shape index (κ1) is 17.4. The van der Waals surface area contributed by atoms with Gasteiger partial charge in [0.2, 0.25) is 5.88 Å². The lowest BCUT2D eigenvalue weighted by atomic mass is 9.93. The lowest BCUT2D eigenvalue weighted by molar-refractivity contribution is -0.170. The van der Waals surface area contributed by atoms with Gasteiger partial charge < -0.3 is 10.4 Å². The van der Waals surface area contributed by atoms with Crippen molar-refractivity contribution in [2.45, 2.75) is 30.0 Å². The lowest BCUT2D eigenvalue weighted by Crippen LogP contribution is -2.60. The maximum absolute atomic E-state index is 13.4. The topological polar surface area (TPSA) is 61.7 Å². The van der Waals surface area contributed by atoms with Crippen LogP contribution in [0, 0.1) is 0 Å². The number of aliphatic hydroxyl groups excluding tert-OH is 1. The summed E-state index contributed by atoms with van der Waals surface area (Å²) in [6.45, 7) is 1.89. The highest BCUT2D eigenvalue weighted by Gasteiger charge is 2.55. The Kier molecular flexibility index (Phi) is 5.03. The molecule has 0 aromatic heterocycles. The molecule has 2 N–H and O–H groups in total. The maximum atomic E-state index is 13.4. The fourth-order valence-electron chi connectivity index (χ4n) is 2.08. The van der Waals surface area contributed by atoms with Crippen LogP contribution < -0.4 is 5.32 Å². The Morgan fingerprint density at radius 1 is 1.43 bits per heavy atom. The number of rotatable bonds is 4. The zero-order chi connectivity index (χ0) is 17.1. The molecule has 1 aliphatic heterocycles. The monoisotopic (exact) mass is 344 g/mol. The number of nitrogens with zero attached hydrogens (tertiary/aromatic N) is 1. The van der Waals surface area contributed by atoms with E-state index in [4.69, 9.17) is 5.11 Å². The molecule has 0 saturated heterocycles. The number of carbonyl (C=O) groups is 1. The number of nitrogens with one attached hydrogen (secondary N) is 1. The molecule has 1 aromatic carbocycles. The van der Waals surface area contributed by atoms with Gasteiger partial charge in [-0.05, 0) is 24.0 Å². The predicted octanol–water partition coefficient (Wildman–Crippen LogP) is 3.70. The van der Waals surface area contributed by atoms with Crippen molar-refractivity contribution in [1.29, 1.82) is 0 Å². The highest BCUT2D eigenvalue weighted by molar-refractivity contribution is 7.99. The number of hydrogen-bond acceptors (Lipinski definition) is 4. The molecule has 1 atom stereocenters. The van der Waals surface area contributed by atoms with E-state index in [-0.39, 0.29) is 5.56 Å². The van der Waals surface area contributed by atoms with Crippen LogP contribution >= 0.6 is 11.8 Å². The average Bonchev–Trinajstić information content (AvgIpc) is 2.49. The van der Waals surface area contributed by atoms with Gasteiger partial charge in [0.25, 0.3) is 5.91 Å². The molecule has 124 valence electrons. The summed E-state index contributed by atoms with van der Waals surface area (Å²) in [6, 6.07) is 6.47. The van der Waals surface area contributed by atoms with E-state index in [0.29, 0.717) is 16.9 Å². The predicted molar refractivity (Wildman–Crippen MR) is 82.9 cm³/mol. The Bertz CT molecular complexity index is 658. The van der Waals surface area contributed by atoms with Crippen LogP contribution in [-0.2, 0) is 0 Å². The Balaban J connectivity index is 2.32. The number of halogens is 3. The number of benzene rings is 1. The Morgan fingerprint density at radius 3 is 2.70 bits per heavy atom. The summed E-state index contributed by atoms with van der Waals surface area (Å²) < 4.78 is 40.3. The first-order chi connectivity index (χ1) is 10.8. The molecule has 0 fully saturated rings. The van der Waals surface area contributed by atoms with E-state index in [2.05, 4.69) is 4.99 Å². The molecule has 1 aromatic rings. The van der Waals surface area contributed by atoms with Crippen LogP contribution in [-0.4, -0.2) is 34.7 Å². The molecule has 8 heteroatoms. The molecule has 4 nitrogen and oxygen atoms in total. The minimum Gasteiger partial charge on any atom is -0.493 e. The zero-order valence-electron chi connectivity index (χ0n) is 12.2. The number of aliphatic hydroxyl groups is 1. The second-order valence-corrected chi connectivity index (χ2v) is 6.18. The van der Waals surface area contributed by atoms with Crippen molar-refractivity contribution in [3.63, 3.8) is 0 Å². The third-order valence-electron chi connectivity index (χ3n) is 3.30. The van der Waals surface area contributed by atoms with Gasteiger partial charge in [0.1, 0.15) is 0 Å². The van der Waals surface area contributed by atoms with Crippen molar-refractivity contribution in [3.05, 3.63) is 41.8 Å². The Morgan fingerprint density at radius 2 is 2.13 bits per heavy atom. The van der Waals surface area contributed by atoms with Crippen LogP contribution in [0.4, 0.5) is 13.2 Å². The van der Waals surface area contributed by atoms with Crippen LogP contribution in [0.15, 0.2) is 46.1 Å². The van der Waals surface area contributed by atoms with Crippen LogP contribution in [0.2, 0.25) is 0 Å². The summed E-state index contributed by atoms with van der Waals surface area (Å²) in [5.74, 6) is -0.645. The van der Waals surface area contributed by atoms with E-state index in [0.717, 1.165) is 6.08 Å². The van der Waals surface area contributed by atoms with Crippen molar-refractivity contribution in [2.24, 2.45) is 4.99 Å². The van der Waals surface area contributed by atoms with E-state index in [9.17, 15) is 18.0 Å². The summed E-state index contributed by atoms with van der Waals surface area (Å²) >= 11 is 1.37. The first-order valence-electron chi connectivity index (χ1n) is 6.84. The van der Waals surface area contributed by atoms with Gasteiger partial charge in [0, 0.05) is 17.5 Å². The summed E-state index contributed by atoms with van der Waals surface area (Å²) in [7, 11) is 0. The summed E-state index contributed by atoms with van der Waals surface area (Å²) in [6.07, 6.45) is -3.88. The normalized spacial score (nSPS) is 21.0. The molecule has 23 heavy (non-hydrogen) atoms. The van der Waals surface area contributed by atoms with Crippen LogP contribution in [0.5, 0.6) is 0 Å². The molecule has 2 rings (SSSR count). The van der Waals surface area contributed by atoms with Gasteiger partial charge in [-0.25, -0.2) is 4.99 Å². The average molecular weight is 344 g/mol. The quantitative estimate of drug-likeness (QED) is 0.819. The Labute approximate surface area is 135 Å². The fraction of sp³-hybridized carbons (Fsp3) is 0.333. The van der Waals surface area contributed by atoms with Crippen molar-refractivity contribution >= 4 is 23.9 Å². The lowest BCUT2D eigenvalue weighted by Gasteiger charge is -2.33. The molecule has 1 aliphatic rings. The zero-order valence-corrected chi connectivity index (χ0v) is 13.0. The largest absolute Gasteiger partial charge is 0.493 e. The number of alkyl halides is 3. The number of carbonyl (C=O) groups excluding carboxylic acids is 1. The summed E-state index contributed by atoms with van der Waals surface area (Å²) in [5.41, 5.74) is -2.45. The van der Waals surface area contributed by atoms with Gasteiger partial charge in [-0.1, -0.05) is 19.1 Å². The first-order valence-corrected chi connectivity index (χ1v) is 7.83. The third-order valence-corrected chi connectivity index (χ3v) is 4.25. The molecule has 1 unspecified atom stereocenters. The van der Waals surface area contributed by atoms with E-state index in [1.54, 1.807) is 18.2 Å². The van der Waals surface area contributed by atoms with Crippen molar-refractivity contribution in [2.75, 3.05) is 5.75 Å². The molecule has 0 spiro atoms. The molecule has 0 saturated carbocycles.